The van der Waals surface area contributed by atoms with E-state index < -0.39 is 5.82 Å². The van der Waals surface area contributed by atoms with Crippen molar-refractivity contribution >= 4 is 0 Å². The fraction of sp³-hybridized carbons (Fsp3) is 0.556. The Bertz CT molecular complexity index is 307. The summed E-state index contributed by atoms with van der Waals surface area (Å²) in [5.74, 6) is -0.532. The molecule has 1 rings (SSSR count). The summed E-state index contributed by atoms with van der Waals surface area (Å²) in [6.07, 6.45) is 0. The largest absolute Gasteiger partial charge is 0.478 e. The van der Waals surface area contributed by atoms with Crippen molar-refractivity contribution in [1.82, 2.24) is 10.2 Å². The molecule has 1 heterocycles. The van der Waals surface area contributed by atoms with Crippen molar-refractivity contribution in [2.24, 2.45) is 0 Å². The zero-order chi connectivity index (χ0) is 10.1. The summed E-state index contributed by atoms with van der Waals surface area (Å²) < 4.78 is 17.8. The molecule has 0 bridgehead atoms. The van der Waals surface area contributed by atoms with Gasteiger partial charge in [0.15, 0.2) is 5.82 Å². The molecule has 0 amide bonds. The van der Waals surface area contributed by atoms with Crippen LogP contribution in [-0.4, -0.2) is 17.3 Å². The monoisotopic (exact) mass is 184 g/mol. The molecule has 0 saturated carbocycles. The number of hydrogen-bond acceptors (Lipinski definition) is 3. The van der Waals surface area contributed by atoms with Crippen molar-refractivity contribution in [3.8, 4) is 5.88 Å². The van der Waals surface area contributed by atoms with Gasteiger partial charge in [-0.1, -0.05) is 20.8 Å². The van der Waals surface area contributed by atoms with Crippen LogP contribution in [0.15, 0.2) is 6.07 Å². The Morgan fingerprint density at radius 1 is 1.31 bits per heavy atom. The summed E-state index contributed by atoms with van der Waals surface area (Å²) in [6, 6.07) is 1.35. The molecule has 0 radical (unpaired) electrons. The zero-order valence-electron chi connectivity index (χ0n) is 8.26. The van der Waals surface area contributed by atoms with Crippen LogP contribution < -0.4 is 4.74 Å². The van der Waals surface area contributed by atoms with Crippen molar-refractivity contribution in [2.75, 3.05) is 7.11 Å². The molecule has 0 spiro atoms. The molecule has 4 heteroatoms. The Morgan fingerprint density at radius 2 is 1.92 bits per heavy atom. The first-order chi connectivity index (χ1) is 5.95. The van der Waals surface area contributed by atoms with Crippen molar-refractivity contribution in [3.05, 3.63) is 17.6 Å². The van der Waals surface area contributed by atoms with Gasteiger partial charge in [0.05, 0.1) is 12.8 Å². The number of methoxy groups -OCH3 is 1. The van der Waals surface area contributed by atoms with Crippen LogP contribution in [0.25, 0.3) is 0 Å². The predicted octanol–water partition coefficient (Wildman–Crippen LogP) is 1.92. The SMILES string of the molecule is COc1nnc(C(C)(C)C)cc1F. The average molecular weight is 184 g/mol. The van der Waals surface area contributed by atoms with Crippen LogP contribution >= 0.6 is 0 Å². The van der Waals surface area contributed by atoms with E-state index >= 15 is 0 Å². The average Bonchev–Trinajstić information content (AvgIpc) is 2.02. The summed E-state index contributed by atoms with van der Waals surface area (Å²) in [7, 11) is 1.36. The van der Waals surface area contributed by atoms with Crippen molar-refractivity contribution in [3.63, 3.8) is 0 Å². The molecule has 1 aromatic heterocycles. The molecule has 0 aromatic carbocycles. The highest BCUT2D eigenvalue weighted by atomic mass is 19.1. The Labute approximate surface area is 76.9 Å². The van der Waals surface area contributed by atoms with Gasteiger partial charge < -0.3 is 4.74 Å². The lowest BCUT2D eigenvalue weighted by atomic mass is 9.92. The number of halogens is 1. The molecule has 0 aliphatic carbocycles. The lowest BCUT2D eigenvalue weighted by Crippen LogP contribution is -2.15. The van der Waals surface area contributed by atoms with Crippen LogP contribution in [0.2, 0.25) is 0 Å². The lowest BCUT2D eigenvalue weighted by Gasteiger charge is -2.16. The molecule has 0 aliphatic heterocycles. The van der Waals surface area contributed by atoms with Gasteiger partial charge in [-0.2, -0.15) is 5.10 Å². The van der Waals surface area contributed by atoms with Crippen LogP contribution in [0.4, 0.5) is 4.39 Å². The van der Waals surface area contributed by atoms with Gasteiger partial charge in [-0.05, 0) is 0 Å². The van der Waals surface area contributed by atoms with Crippen molar-refractivity contribution in [2.45, 2.75) is 26.2 Å². The second kappa shape index (κ2) is 3.28. The molecular formula is C9H13FN2O. The second-order valence-electron chi connectivity index (χ2n) is 3.84. The molecule has 0 atom stereocenters. The molecule has 0 N–H and O–H groups in total. The van der Waals surface area contributed by atoms with Gasteiger partial charge in [-0.25, -0.2) is 4.39 Å². The molecule has 0 saturated heterocycles. The van der Waals surface area contributed by atoms with Crippen LogP contribution in [0.5, 0.6) is 5.88 Å². The van der Waals surface area contributed by atoms with Gasteiger partial charge in [-0.3, -0.25) is 0 Å². The Morgan fingerprint density at radius 3 is 2.31 bits per heavy atom. The summed E-state index contributed by atoms with van der Waals surface area (Å²) >= 11 is 0. The maximum absolute atomic E-state index is 13.2. The molecule has 3 nitrogen and oxygen atoms in total. The normalized spacial score (nSPS) is 11.5. The molecular weight excluding hydrogens is 171 g/mol. The Balaban J connectivity index is 3.10. The number of rotatable bonds is 1. The van der Waals surface area contributed by atoms with Gasteiger partial charge in [0.25, 0.3) is 5.88 Å². The highest BCUT2D eigenvalue weighted by Gasteiger charge is 2.18. The van der Waals surface area contributed by atoms with Crippen molar-refractivity contribution in [1.29, 1.82) is 0 Å². The molecule has 1 aromatic rings. The van der Waals surface area contributed by atoms with Gasteiger partial charge in [0.1, 0.15) is 0 Å². The van der Waals surface area contributed by atoms with Gasteiger partial charge >= 0.3 is 0 Å². The zero-order valence-corrected chi connectivity index (χ0v) is 8.26. The maximum Gasteiger partial charge on any atom is 0.269 e. The standard InChI is InChI=1S/C9H13FN2O/c1-9(2,3)7-5-6(10)8(13-4)12-11-7/h5H,1-4H3. The Hall–Kier alpha value is -1.19. The summed E-state index contributed by atoms with van der Waals surface area (Å²) in [4.78, 5) is 0. The summed E-state index contributed by atoms with van der Waals surface area (Å²) in [5, 5.41) is 7.48. The van der Waals surface area contributed by atoms with Crippen LogP contribution in [0, 0.1) is 5.82 Å². The molecule has 0 unspecified atom stereocenters. The number of ether oxygens (including phenoxy) is 1. The molecule has 0 fully saturated rings. The fourth-order valence-corrected chi connectivity index (χ4v) is 0.863. The van der Waals surface area contributed by atoms with E-state index in [4.69, 9.17) is 0 Å². The first-order valence-corrected chi connectivity index (χ1v) is 4.03. The van der Waals surface area contributed by atoms with E-state index in [9.17, 15) is 4.39 Å². The summed E-state index contributed by atoms with van der Waals surface area (Å²) in [5.41, 5.74) is 0.422. The van der Waals surface area contributed by atoms with E-state index in [1.54, 1.807) is 0 Å². The predicted molar refractivity (Wildman–Crippen MR) is 47.2 cm³/mol. The maximum atomic E-state index is 13.2. The van der Waals surface area contributed by atoms with E-state index in [1.165, 1.54) is 13.2 Å². The van der Waals surface area contributed by atoms with Crippen LogP contribution in [0.3, 0.4) is 0 Å². The van der Waals surface area contributed by atoms with Crippen LogP contribution in [-0.2, 0) is 5.41 Å². The topological polar surface area (TPSA) is 35.0 Å². The highest BCUT2D eigenvalue weighted by molar-refractivity contribution is 5.19. The van der Waals surface area contributed by atoms with E-state index in [1.807, 2.05) is 20.8 Å². The van der Waals surface area contributed by atoms with E-state index in [0.29, 0.717) is 5.69 Å². The minimum Gasteiger partial charge on any atom is -0.478 e. The minimum atomic E-state index is -0.470. The first kappa shape index (κ1) is 9.89. The van der Waals surface area contributed by atoms with E-state index in [2.05, 4.69) is 14.9 Å². The van der Waals surface area contributed by atoms with Crippen molar-refractivity contribution < 1.29 is 9.13 Å². The van der Waals surface area contributed by atoms with Gasteiger partial charge in [-0.15, -0.1) is 5.10 Å². The van der Waals surface area contributed by atoms with Crippen LogP contribution in [0.1, 0.15) is 26.5 Å². The van der Waals surface area contributed by atoms with Gasteiger partial charge in [0.2, 0.25) is 0 Å². The fourth-order valence-electron chi connectivity index (χ4n) is 0.863. The third-order valence-electron chi connectivity index (χ3n) is 1.68. The quantitative estimate of drug-likeness (QED) is 0.668. The number of nitrogens with zero attached hydrogens (tertiary/aromatic N) is 2. The van der Waals surface area contributed by atoms with Gasteiger partial charge in [0, 0.05) is 11.5 Å². The van der Waals surface area contributed by atoms with E-state index in [0.717, 1.165) is 0 Å². The summed E-state index contributed by atoms with van der Waals surface area (Å²) in [6.45, 7) is 5.84. The smallest absolute Gasteiger partial charge is 0.269 e. The Kier molecular flexibility index (Phi) is 2.50. The molecule has 0 aliphatic rings. The third-order valence-corrected chi connectivity index (χ3v) is 1.68. The molecule has 13 heavy (non-hydrogen) atoms. The number of hydrogen-bond donors (Lipinski definition) is 0. The highest BCUT2D eigenvalue weighted by Crippen LogP contribution is 2.22. The first-order valence-electron chi connectivity index (χ1n) is 4.03. The lowest BCUT2D eigenvalue weighted by molar-refractivity contribution is 0.358. The molecule has 72 valence electrons. The third kappa shape index (κ3) is 2.14. The minimum absolute atomic E-state index is 0.0620. The second-order valence-corrected chi connectivity index (χ2v) is 3.84. The number of aromatic nitrogens is 2. The van der Waals surface area contributed by atoms with E-state index in [-0.39, 0.29) is 11.3 Å².